The molecule has 3 heteroatoms. The summed E-state index contributed by atoms with van der Waals surface area (Å²) in [5.41, 5.74) is 3.05. The van der Waals surface area contributed by atoms with Gasteiger partial charge in [0.25, 0.3) is 0 Å². The molecule has 0 bridgehead atoms. The summed E-state index contributed by atoms with van der Waals surface area (Å²) in [6, 6.07) is 5.80. The van der Waals surface area contributed by atoms with Crippen molar-refractivity contribution in [2.24, 2.45) is 0 Å². The Kier molecular flexibility index (Phi) is 4.16. The lowest BCUT2D eigenvalue weighted by molar-refractivity contribution is 0.161. The van der Waals surface area contributed by atoms with E-state index in [4.69, 9.17) is 4.74 Å². The smallest absolute Gasteiger partial charge is 0.411 e. The van der Waals surface area contributed by atoms with Gasteiger partial charge in [-0.3, -0.25) is 5.32 Å². The molecule has 0 aliphatic heterocycles. The number of carbonyl (C=O) groups excluding carboxylic acids is 1. The van der Waals surface area contributed by atoms with Crippen molar-refractivity contribution in [1.29, 1.82) is 0 Å². The van der Waals surface area contributed by atoms with Crippen molar-refractivity contribution in [3.05, 3.63) is 29.3 Å². The molecule has 3 nitrogen and oxygen atoms in total. The van der Waals surface area contributed by atoms with Gasteiger partial charge >= 0.3 is 6.09 Å². The molecule has 0 heterocycles. The Balaban J connectivity index is 2.64. The van der Waals surface area contributed by atoms with Gasteiger partial charge in [-0.2, -0.15) is 0 Å². The van der Waals surface area contributed by atoms with E-state index in [0.717, 1.165) is 23.2 Å². The Morgan fingerprint density at radius 1 is 1.40 bits per heavy atom. The maximum atomic E-state index is 11.3. The van der Waals surface area contributed by atoms with Gasteiger partial charge in [0.15, 0.2) is 0 Å². The molecule has 1 amide bonds. The molecule has 0 radical (unpaired) electrons. The standard InChI is InChI=1S/C12H17NO2/c1-4-8-15-12(14)13-11-7-5-6-9(2)10(11)3/h5-7H,4,8H2,1-3H3,(H,13,14). The normalized spacial score (nSPS) is 9.80. The quantitative estimate of drug-likeness (QED) is 0.826. The highest BCUT2D eigenvalue weighted by atomic mass is 16.5. The molecule has 0 aliphatic carbocycles. The average molecular weight is 207 g/mol. The monoisotopic (exact) mass is 207 g/mol. The minimum Gasteiger partial charge on any atom is -0.449 e. The first-order valence-corrected chi connectivity index (χ1v) is 5.15. The van der Waals surface area contributed by atoms with Gasteiger partial charge in [0.05, 0.1) is 6.61 Å². The maximum Gasteiger partial charge on any atom is 0.411 e. The summed E-state index contributed by atoms with van der Waals surface area (Å²) in [7, 11) is 0. The van der Waals surface area contributed by atoms with Crippen LogP contribution in [0.25, 0.3) is 0 Å². The van der Waals surface area contributed by atoms with Crippen LogP contribution < -0.4 is 5.32 Å². The molecule has 0 fully saturated rings. The highest BCUT2D eigenvalue weighted by Gasteiger charge is 2.05. The maximum absolute atomic E-state index is 11.3. The molecular weight excluding hydrogens is 190 g/mol. The third-order valence-electron chi connectivity index (χ3n) is 2.28. The van der Waals surface area contributed by atoms with E-state index in [9.17, 15) is 4.79 Å². The highest BCUT2D eigenvalue weighted by Crippen LogP contribution is 2.17. The van der Waals surface area contributed by atoms with Crippen LogP contribution in [0, 0.1) is 13.8 Å². The molecule has 15 heavy (non-hydrogen) atoms. The summed E-state index contributed by atoms with van der Waals surface area (Å²) < 4.78 is 4.94. The molecule has 0 aliphatic rings. The lowest BCUT2D eigenvalue weighted by atomic mass is 10.1. The zero-order valence-electron chi connectivity index (χ0n) is 9.46. The molecule has 0 spiro atoms. The largest absolute Gasteiger partial charge is 0.449 e. The van der Waals surface area contributed by atoms with Crippen molar-refractivity contribution in [2.45, 2.75) is 27.2 Å². The minimum absolute atomic E-state index is 0.384. The lowest BCUT2D eigenvalue weighted by Crippen LogP contribution is -2.15. The summed E-state index contributed by atoms with van der Waals surface area (Å²) in [6.07, 6.45) is 0.450. The number of benzene rings is 1. The summed E-state index contributed by atoms with van der Waals surface area (Å²) in [5, 5.41) is 2.72. The van der Waals surface area contributed by atoms with E-state index in [-0.39, 0.29) is 6.09 Å². The Morgan fingerprint density at radius 3 is 2.80 bits per heavy atom. The zero-order chi connectivity index (χ0) is 11.3. The molecule has 0 saturated heterocycles. The molecular formula is C12H17NO2. The fourth-order valence-corrected chi connectivity index (χ4v) is 1.23. The first-order valence-electron chi connectivity index (χ1n) is 5.15. The van der Waals surface area contributed by atoms with E-state index in [0.29, 0.717) is 6.61 Å². The number of aryl methyl sites for hydroxylation is 1. The van der Waals surface area contributed by atoms with Crippen LogP contribution in [0.2, 0.25) is 0 Å². The van der Waals surface area contributed by atoms with Crippen LogP contribution in [0.1, 0.15) is 24.5 Å². The molecule has 0 atom stereocenters. The van der Waals surface area contributed by atoms with E-state index >= 15 is 0 Å². The van der Waals surface area contributed by atoms with Crippen molar-refractivity contribution in [2.75, 3.05) is 11.9 Å². The second kappa shape index (κ2) is 5.39. The van der Waals surface area contributed by atoms with Gasteiger partial charge < -0.3 is 4.74 Å². The first kappa shape index (κ1) is 11.6. The molecule has 0 aromatic heterocycles. The van der Waals surface area contributed by atoms with Crippen molar-refractivity contribution in [3.8, 4) is 0 Å². The Hall–Kier alpha value is -1.51. The van der Waals surface area contributed by atoms with Crippen molar-refractivity contribution in [3.63, 3.8) is 0 Å². The van der Waals surface area contributed by atoms with Crippen molar-refractivity contribution >= 4 is 11.8 Å². The van der Waals surface area contributed by atoms with Crippen molar-refractivity contribution < 1.29 is 9.53 Å². The SMILES string of the molecule is CCCOC(=O)Nc1cccc(C)c1C. The molecule has 0 saturated carbocycles. The van der Waals surface area contributed by atoms with Crippen LogP contribution in [0.15, 0.2) is 18.2 Å². The molecule has 1 aromatic carbocycles. The topological polar surface area (TPSA) is 38.3 Å². The van der Waals surface area contributed by atoms with Crippen LogP contribution in [-0.2, 0) is 4.74 Å². The Labute approximate surface area is 90.4 Å². The number of nitrogens with one attached hydrogen (secondary N) is 1. The fourth-order valence-electron chi connectivity index (χ4n) is 1.23. The van der Waals surface area contributed by atoms with E-state index in [1.54, 1.807) is 0 Å². The predicted octanol–water partition coefficient (Wildman–Crippen LogP) is 3.26. The lowest BCUT2D eigenvalue weighted by Gasteiger charge is -2.10. The zero-order valence-corrected chi connectivity index (χ0v) is 9.46. The van der Waals surface area contributed by atoms with Crippen LogP contribution in [0.3, 0.4) is 0 Å². The van der Waals surface area contributed by atoms with Gasteiger partial charge in [-0.25, -0.2) is 4.79 Å². The second-order valence-electron chi connectivity index (χ2n) is 3.51. The second-order valence-corrected chi connectivity index (χ2v) is 3.51. The number of amides is 1. The summed E-state index contributed by atoms with van der Waals surface area (Å²) in [5.74, 6) is 0. The molecule has 1 N–H and O–H groups in total. The number of hydrogen-bond acceptors (Lipinski definition) is 2. The first-order chi connectivity index (χ1) is 7.15. The van der Waals surface area contributed by atoms with Gasteiger partial charge in [0.2, 0.25) is 0 Å². The number of ether oxygens (including phenoxy) is 1. The minimum atomic E-state index is -0.384. The van der Waals surface area contributed by atoms with E-state index < -0.39 is 0 Å². The molecule has 1 aromatic rings. The average Bonchev–Trinajstić information content (AvgIpc) is 2.22. The van der Waals surface area contributed by atoms with Crippen LogP contribution >= 0.6 is 0 Å². The van der Waals surface area contributed by atoms with Gasteiger partial charge in [-0.1, -0.05) is 19.1 Å². The van der Waals surface area contributed by atoms with Crippen LogP contribution in [0.5, 0.6) is 0 Å². The highest BCUT2D eigenvalue weighted by molar-refractivity contribution is 5.85. The van der Waals surface area contributed by atoms with Gasteiger partial charge in [-0.05, 0) is 37.5 Å². The summed E-state index contributed by atoms with van der Waals surface area (Å²) in [4.78, 5) is 11.3. The van der Waals surface area contributed by atoms with Crippen LogP contribution in [-0.4, -0.2) is 12.7 Å². The molecule has 82 valence electrons. The Bertz CT molecular complexity index is 347. The van der Waals surface area contributed by atoms with Crippen LogP contribution in [0.4, 0.5) is 10.5 Å². The number of rotatable bonds is 3. The van der Waals surface area contributed by atoms with Gasteiger partial charge in [-0.15, -0.1) is 0 Å². The van der Waals surface area contributed by atoms with E-state index in [2.05, 4.69) is 5.32 Å². The van der Waals surface area contributed by atoms with E-state index in [1.165, 1.54) is 0 Å². The Morgan fingerprint density at radius 2 is 2.13 bits per heavy atom. The van der Waals surface area contributed by atoms with Crippen molar-refractivity contribution in [1.82, 2.24) is 0 Å². The number of anilines is 1. The van der Waals surface area contributed by atoms with Gasteiger partial charge in [0, 0.05) is 5.69 Å². The third kappa shape index (κ3) is 3.27. The third-order valence-corrected chi connectivity index (χ3v) is 2.28. The van der Waals surface area contributed by atoms with E-state index in [1.807, 2.05) is 39.0 Å². The molecule has 1 rings (SSSR count). The number of carbonyl (C=O) groups is 1. The van der Waals surface area contributed by atoms with Gasteiger partial charge in [0.1, 0.15) is 0 Å². The molecule has 0 unspecified atom stereocenters. The predicted molar refractivity (Wildman–Crippen MR) is 61.2 cm³/mol. The fraction of sp³-hybridized carbons (Fsp3) is 0.417. The number of hydrogen-bond donors (Lipinski definition) is 1. The summed E-state index contributed by atoms with van der Waals surface area (Å²) in [6.45, 7) is 6.41. The summed E-state index contributed by atoms with van der Waals surface area (Å²) >= 11 is 0.